The normalized spacial score (nSPS) is 20.7. The van der Waals surface area contributed by atoms with Gasteiger partial charge in [0.15, 0.2) is 0 Å². The van der Waals surface area contributed by atoms with Gasteiger partial charge in [-0.1, -0.05) is 19.8 Å². The summed E-state index contributed by atoms with van der Waals surface area (Å²) in [5, 5.41) is 1.22. The second kappa shape index (κ2) is 5.04. The van der Waals surface area contributed by atoms with E-state index in [4.69, 9.17) is 5.84 Å². The van der Waals surface area contributed by atoms with Gasteiger partial charge in [0, 0.05) is 17.3 Å². The van der Waals surface area contributed by atoms with E-state index in [1.807, 2.05) is 11.3 Å². The van der Waals surface area contributed by atoms with Crippen LogP contribution in [0.25, 0.3) is 0 Å². The quantitative estimate of drug-likeness (QED) is 0.641. The van der Waals surface area contributed by atoms with Gasteiger partial charge in [-0.2, -0.15) is 0 Å². The molecule has 1 atom stereocenters. The lowest BCUT2D eigenvalue weighted by Crippen LogP contribution is -2.47. The molecule has 3 nitrogen and oxygen atoms in total. The van der Waals surface area contributed by atoms with Crippen LogP contribution in [-0.4, -0.2) is 11.0 Å². The molecule has 17 heavy (non-hydrogen) atoms. The van der Waals surface area contributed by atoms with Gasteiger partial charge in [-0.05, 0) is 32.1 Å². The van der Waals surface area contributed by atoms with Crippen LogP contribution in [0.3, 0.4) is 0 Å². The lowest BCUT2D eigenvalue weighted by molar-refractivity contribution is 0.220. The lowest BCUT2D eigenvalue weighted by atomic mass is 9.79. The fourth-order valence-electron chi connectivity index (χ4n) is 2.84. The van der Waals surface area contributed by atoms with Crippen molar-refractivity contribution in [1.82, 2.24) is 10.4 Å². The maximum absolute atomic E-state index is 5.76. The first kappa shape index (κ1) is 13.0. The molecule has 3 N–H and O–H groups in total. The van der Waals surface area contributed by atoms with Crippen molar-refractivity contribution < 1.29 is 0 Å². The van der Waals surface area contributed by atoms with Crippen LogP contribution in [0, 0.1) is 19.3 Å². The molecule has 1 aliphatic carbocycles. The van der Waals surface area contributed by atoms with E-state index in [1.54, 1.807) is 0 Å². The van der Waals surface area contributed by atoms with Crippen molar-refractivity contribution in [2.75, 3.05) is 0 Å². The van der Waals surface area contributed by atoms with Crippen LogP contribution in [0.2, 0.25) is 0 Å². The van der Waals surface area contributed by atoms with E-state index in [9.17, 15) is 0 Å². The Kier molecular flexibility index (Phi) is 3.85. The van der Waals surface area contributed by atoms with Gasteiger partial charge in [0.25, 0.3) is 0 Å². The number of nitrogens with two attached hydrogens (primary N) is 1. The summed E-state index contributed by atoms with van der Waals surface area (Å²) in [5.41, 5.74) is 4.54. The molecule has 1 aromatic heterocycles. The predicted molar refractivity (Wildman–Crippen MR) is 73.0 cm³/mol. The second-order valence-corrected chi connectivity index (χ2v) is 6.82. The molecule has 0 bridgehead atoms. The second-order valence-electron chi connectivity index (χ2n) is 5.53. The minimum Gasteiger partial charge on any atom is -0.271 e. The zero-order valence-corrected chi connectivity index (χ0v) is 11.9. The van der Waals surface area contributed by atoms with Gasteiger partial charge in [-0.25, -0.2) is 4.98 Å². The van der Waals surface area contributed by atoms with Crippen LogP contribution in [-0.2, 0) is 6.42 Å². The molecule has 1 unspecified atom stereocenters. The summed E-state index contributed by atoms with van der Waals surface area (Å²) in [7, 11) is 0. The average molecular weight is 253 g/mol. The molecule has 1 heterocycles. The molecule has 1 saturated carbocycles. The van der Waals surface area contributed by atoms with Crippen molar-refractivity contribution in [3.63, 3.8) is 0 Å². The van der Waals surface area contributed by atoms with Gasteiger partial charge >= 0.3 is 0 Å². The SMILES string of the molecule is Cc1nc(CC(NN)C2(C)CCCC2)sc1C. The van der Waals surface area contributed by atoms with Crippen LogP contribution < -0.4 is 11.3 Å². The smallest absolute Gasteiger partial charge is 0.0947 e. The molecule has 1 aromatic rings. The van der Waals surface area contributed by atoms with E-state index in [0.717, 1.165) is 12.1 Å². The highest BCUT2D eigenvalue weighted by molar-refractivity contribution is 7.11. The maximum Gasteiger partial charge on any atom is 0.0947 e. The van der Waals surface area contributed by atoms with Gasteiger partial charge in [0.1, 0.15) is 0 Å². The number of hydrogen-bond acceptors (Lipinski definition) is 4. The molecule has 1 aliphatic rings. The third-order valence-electron chi connectivity index (χ3n) is 4.24. The largest absolute Gasteiger partial charge is 0.271 e. The van der Waals surface area contributed by atoms with E-state index in [-0.39, 0.29) is 0 Å². The number of nitrogens with one attached hydrogen (secondary N) is 1. The van der Waals surface area contributed by atoms with Gasteiger partial charge in [0.05, 0.1) is 10.7 Å². The minimum atomic E-state index is 0.349. The van der Waals surface area contributed by atoms with E-state index in [0.29, 0.717) is 11.5 Å². The van der Waals surface area contributed by atoms with Gasteiger partial charge in [0.2, 0.25) is 0 Å². The molecule has 0 radical (unpaired) electrons. The minimum absolute atomic E-state index is 0.349. The maximum atomic E-state index is 5.76. The number of hydrazine groups is 1. The monoisotopic (exact) mass is 253 g/mol. The van der Waals surface area contributed by atoms with Crippen molar-refractivity contribution in [2.45, 2.75) is 58.9 Å². The molecule has 0 aliphatic heterocycles. The van der Waals surface area contributed by atoms with Gasteiger partial charge in [-0.15, -0.1) is 11.3 Å². The fraction of sp³-hybridized carbons (Fsp3) is 0.769. The summed E-state index contributed by atoms with van der Waals surface area (Å²) in [6, 6.07) is 0.356. The van der Waals surface area contributed by atoms with Crippen molar-refractivity contribution in [2.24, 2.45) is 11.3 Å². The third-order valence-corrected chi connectivity index (χ3v) is 5.33. The van der Waals surface area contributed by atoms with E-state index < -0.39 is 0 Å². The van der Waals surface area contributed by atoms with Crippen molar-refractivity contribution in [3.05, 3.63) is 15.6 Å². The number of rotatable bonds is 4. The van der Waals surface area contributed by atoms with Crippen molar-refractivity contribution >= 4 is 11.3 Å². The molecule has 0 amide bonds. The van der Waals surface area contributed by atoms with Crippen LogP contribution in [0.1, 0.15) is 48.2 Å². The summed E-state index contributed by atoms with van der Waals surface area (Å²) >= 11 is 1.81. The molecular formula is C13H23N3S. The predicted octanol–water partition coefficient (Wildman–Crippen LogP) is 2.71. The van der Waals surface area contributed by atoms with Crippen molar-refractivity contribution in [1.29, 1.82) is 0 Å². The summed E-state index contributed by atoms with van der Waals surface area (Å²) in [4.78, 5) is 5.95. The number of hydrogen-bond donors (Lipinski definition) is 2. The zero-order valence-electron chi connectivity index (χ0n) is 11.0. The highest BCUT2D eigenvalue weighted by atomic mass is 32.1. The van der Waals surface area contributed by atoms with Crippen LogP contribution >= 0.6 is 11.3 Å². The first-order valence-corrected chi connectivity index (χ1v) is 7.26. The molecule has 2 rings (SSSR count). The number of thiazole rings is 1. The Hall–Kier alpha value is -0.450. The molecule has 0 saturated heterocycles. The first-order valence-electron chi connectivity index (χ1n) is 6.44. The van der Waals surface area contributed by atoms with Crippen molar-refractivity contribution in [3.8, 4) is 0 Å². The van der Waals surface area contributed by atoms with Crippen LogP contribution in [0.15, 0.2) is 0 Å². The summed E-state index contributed by atoms with van der Waals surface area (Å²) < 4.78 is 0. The average Bonchev–Trinajstić information content (AvgIpc) is 2.84. The first-order chi connectivity index (χ1) is 8.05. The third kappa shape index (κ3) is 2.69. The lowest BCUT2D eigenvalue weighted by Gasteiger charge is -2.33. The highest BCUT2D eigenvalue weighted by Crippen LogP contribution is 2.41. The highest BCUT2D eigenvalue weighted by Gasteiger charge is 2.36. The Morgan fingerprint density at radius 2 is 2.06 bits per heavy atom. The molecule has 96 valence electrons. The standard InChI is InChI=1S/C13H23N3S/c1-9-10(2)17-12(15-9)8-11(16-14)13(3)6-4-5-7-13/h11,16H,4-8,14H2,1-3H3. The summed E-state index contributed by atoms with van der Waals surface area (Å²) in [6.07, 6.45) is 6.21. The topological polar surface area (TPSA) is 50.9 Å². The molecule has 0 spiro atoms. The number of aryl methyl sites for hydroxylation is 2. The fourth-order valence-corrected chi connectivity index (χ4v) is 3.82. The van der Waals surface area contributed by atoms with E-state index in [2.05, 4.69) is 31.2 Å². The molecule has 0 aromatic carbocycles. The Morgan fingerprint density at radius 3 is 2.53 bits per heavy atom. The number of nitrogens with zero attached hydrogens (tertiary/aromatic N) is 1. The number of aromatic nitrogens is 1. The summed E-state index contributed by atoms with van der Waals surface area (Å²) in [6.45, 7) is 6.58. The molecular weight excluding hydrogens is 230 g/mol. The zero-order chi connectivity index (χ0) is 12.5. The Balaban J connectivity index is 2.09. The summed E-state index contributed by atoms with van der Waals surface area (Å²) in [5.74, 6) is 5.76. The Morgan fingerprint density at radius 1 is 1.41 bits per heavy atom. The Labute approximate surface area is 108 Å². The molecule has 4 heteroatoms. The van der Waals surface area contributed by atoms with Crippen LogP contribution in [0.4, 0.5) is 0 Å². The molecule has 1 fully saturated rings. The van der Waals surface area contributed by atoms with Crippen LogP contribution in [0.5, 0.6) is 0 Å². The van der Waals surface area contributed by atoms with E-state index in [1.165, 1.54) is 35.6 Å². The van der Waals surface area contributed by atoms with E-state index >= 15 is 0 Å². The van der Waals surface area contributed by atoms with Gasteiger partial charge in [-0.3, -0.25) is 11.3 Å². The Bertz CT molecular complexity index is 361. The van der Waals surface area contributed by atoms with Gasteiger partial charge < -0.3 is 0 Å².